The summed E-state index contributed by atoms with van der Waals surface area (Å²) >= 11 is 4.43. The molecule has 0 fully saturated rings. The molecule has 0 aliphatic rings. The molecule has 2 nitrogen and oxygen atoms in total. The minimum atomic E-state index is -2.87. The Labute approximate surface area is 181 Å². The Kier molecular flexibility index (Phi) is 6.93. The predicted octanol–water partition coefficient (Wildman–Crippen LogP) is 5.72. The molecule has 29 heavy (non-hydrogen) atoms. The van der Waals surface area contributed by atoms with Gasteiger partial charge in [-0.25, -0.2) is 0 Å². The molecule has 0 bridgehead atoms. The zero-order valence-corrected chi connectivity index (χ0v) is 19.2. The monoisotopic (exact) mass is 470 g/mol. The third-order valence-electron chi connectivity index (χ3n) is 5.77. The van der Waals surface area contributed by atoms with Gasteiger partial charge in [0.1, 0.15) is 0 Å². The van der Waals surface area contributed by atoms with E-state index in [0.29, 0.717) is 6.42 Å². The summed E-state index contributed by atoms with van der Waals surface area (Å²) in [7, 11) is 0. The van der Waals surface area contributed by atoms with E-state index >= 15 is 0 Å². The molecule has 3 aromatic carbocycles. The van der Waals surface area contributed by atoms with E-state index < -0.39 is 11.3 Å². The van der Waals surface area contributed by atoms with Crippen molar-refractivity contribution < 1.29 is 9.90 Å². The van der Waals surface area contributed by atoms with Gasteiger partial charge in [0.05, 0.1) is 0 Å². The van der Waals surface area contributed by atoms with Crippen molar-refractivity contribution in [2.75, 3.05) is 6.16 Å². The summed E-state index contributed by atoms with van der Waals surface area (Å²) in [6.07, 6.45) is 3.51. The molecule has 0 aromatic heterocycles. The molecule has 0 saturated heterocycles. The van der Waals surface area contributed by atoms with Gasteiger partial charge < -0.3 is 0 Å². The number of hydrogen-bond donors (Lipinski definition) is 1. The number of benzene rings is 3. The van der Waals surface area contributed by atoms with Gasteiger partial charge in [0, 0.05) is 0 Å². The van der Waals surface area contributed by atoms with Crippen molar-refractivity contribution in [2.45, 2.75) is 26.2 Å². The summed E-state index contributed by atoms with van der Waals surface area (Å²) in [6, 6.07) is 32.2. The Morgan fingerprint density at radius 1 is 0.793 bits per heavy atom. The van der Waals surface area contributed by atoms with Gasteiger partial charge in [-0.15, -0.1) is 0 Å². The first-order valence-corrected chi connectivity index (χ1v) is 14.5. The van der Waals surface area contributed by atoms with Gasteiger partial charge in [-0.05, 0) is 0 Å². The summed E-state index contributed by atoms with van der Waals surface area (Å²) in [5.41, 5.74) is 0. The quantitative estimate of drug-likeness (QED) is 0.320. The second-order valence-corrected chi connectivity index (χ2v) is 16.7. The number of halogens is 1. The average Bonchev–Trinajstić information content (AvgIpc) is 2.78. The van der Waals surface area contributed by atoms with Gasteiger partial charge in [0.2, 0.25) is 0 Å². The van der Waals surface area contributed by atoms with E-state index in [0.717, 1.165) is 19.0 Å². The summed E-state index contributed by atoms with van der Waals surface area (Å²) < 4.78 is 0. The normalized spacial score (nSPS) is 13.9. The van der Waals surface area contributed by atoms with Crippen molar-refractivity contribution in [2.24, 2.45) is 5.92 Å². The molecule has 3 aromatic rings. The van der Waals surface area contributed by atoms with E-state index in [1.165, 1.54) is 15.9 Å². The summed E-state index contributed by atoms with van der Waals surface area (Å²) in [5, 5.41) is 10.3. The van der Waals surface area contributed by atoms with Crippen LogP contribution in [0.1, 0.15) is 26.2 Å². The molecule has 3 rings (SSSR count). The van der Waals surface area contributed by atoms with Crippen molar-refractivity contribution in [1.29, 1.82) is 0 Å². The van der Waals surface area contributed by atoms with Gasteiger partial charge in [-0.1, -0.05) is 0 Å². The number of aliphatic carboxylic acids is 1. The molecule has 0 aliphatic carbocycles. The Hall–Kier alpha value is -1.96. The van der Waals surface area contributed by atoms with E-state index in [4.69, 9.17) is 0 Å². The van der Waals surface area contributed by atoms with Crippen LogP contribution >= 0.6 is 20.8 Å². The Bertz CT molecular complexity index is 829. The van der Waals surface area contributed by atoms with Crippen LogP contribution < -0.4 is 15.9 Å². The Balaban J connectivity index is 2.10. The van der Waals surface area contributed by atoms with E-state index in [-0.39, 0.29) is 5.92 Å². The number of hydrogen-bond acceptors (Lipinski definition) is 1. The molecule has 4 heteroatoms. The molecular weight excluding hydrogens is 443 g/mol. The van der Waals surface area contributed by atoms with Crippen LogP contribution in [-0.2, 0) is 4.79 Å². The first kappa shape index (κ1) is 21.7. The van der Waals surface area contributed by atoms with Crippen LogP contribution in [0.5, 0.6) is 0 Å². The number of carboxylic acids is 1. The zero-order valence-electron chi connectivity index (χ0n) is 16.7. The number of rotatable bonds is 9. The number of carboxylic acid groups (broad SMARTS) is 1. The maximum atomic E-state index is 11.2. The first-order chi connectivity index (χ1) is 14.0. The SMILES string of the molecule is CC(CCCCP(Br)(c1ccccc1)(c1ccccc1)c1ccccc1)C(=O)O. The van der Waals surface area contributed by atoms with Crippen molar-refractivity contribution in [1.82, 2.24) is 0 Å². The van der Waals surface area contributed by atoms with Crippen molar-refractivity contribution in [3.05, 3.63) is 91.0 Å². The fourth-order valence-corrected chi connectivity index (χ4v) is 11.8. The molecule has 0 spiro atoms. The molecule has 1 unspecified atom stereocenters. The third kappa shape index (κ3) is 4.32. The van der Waals surface area contributed by atoms with Gasteiger partial charge in [-0.3, -0.25) is 0 Å². The molecular formula is C25H28BrO2P. The summed E-state index contributed by atoms with van der Waals surface area (Å²) in [5.74, 6) is -1.02. The van der Waals surface area contributed by atoms with Gasteiger partial charge >= 0.3 is 182 Å². The van der Waals surface area contributed by atoms with Crippen LogP contribution in [0.2, 0.25) is 0 Å². The van der Waals surface area contributed by atoms with Crippen LogP contribution in [0.25, 0.3) is 0 Å². The maximum absolute atomic E-state index is 11.2. The van der Waals surface area contributed by atoms with Crippen molar-refractivity contribution >= 4 is 42.7 Å². The molecule has 0 amide bonds. The second-order valence-electron chi connectivity index (χ2n) is 7.65. The van der Waals surface area contributed by atoms with Gasteiger partial charge in [0.25, 0.3) is 0 Å². The van der Waals surface area contributed by atoms with Crippen LogP contribution in [0.15, 0.2) is 91.0 Å². The van der Waals surface area contributed by atoms with Gasteiger partial charge in [-0.2, -0.15) is 0 Å². The first-order valence-electron chi connectivity index (χ1n) is 10.1. The number of unbranched alkanes of at least 4 members (excludes halogenated alkanes) is 1. The topological polar surface area (TPSA) is 37.3 Å². The Morgan fingerprint density at radius 3 is 1.52 bits per heavy atom. The van der Waals surface area contributed by atoms with Crippen LogP contribution in [0.4, 0.5) is 0 Å². The van der Waals surface area contributed by atoms with Crippen molar-refractivity contribution in [3.8, 4) is 0 Å². The third-order valence-corrected chi connectivity index (χ3v) is 15.8. The van der Waals surface area contributed by atoms with Crippen molar-refractivity contribution in [3.63, 3.8) is 0 Å². The molecule has 0 saturated carbocycles. The molecule has 0 radical (unpaired) electrons. The summed E-state index contributed by atoms with van der Waals surface area (Å²) in [4.78, 5) is 11.2. The zero-order chi connectivity index (χ0) is 20.8. The minimum absolute atomic E-state index is 0.304. The standard InChI is InChI=1S/C25H28BrO2P/c1-21(25(27)28)13-11-12-20-29(26,22-14-5-2-6-15-22,23-16-7-3-8-17-23)24-18-9-4-10-19-24/h2-10,14-19,21H,11-13,20H2,1H3,(H,27,28). The Morgan fingerprint density at radius 2 is 1.17 bits per heavy atom. The van der Waals surface area contributed by atoms with E-state index in [9.17, 15) is 9.90 Å². The molecule has 1 N–H and O–H groups in total. The fourth-order valence-electron chi connectivity index (χ4n) is 4.03. The van der Waals surface area contributed by atoms with E-state index in [2.05, 4.69) is 106 Å². The van der Waals surface area contributed by atoms with Crippen LogP contribution in [-0.4, -0.2) is 17.2 Å². The summed E-state index contributed by atoms with van der Waals surface area (Å²) in [6.45, 7) is 1.79. The van der Waals surface area contributed by atoms with Gasteiger partial charge in [0.15, 0.2) is 0 Å². The molecule has 0 aliphatic heterocycles. The number of carbonyl (C=O) groups is 1. The van der Waals surface area contributed by atoms with Crippen LogP contribution in [0.3, 0.4) is 0 Å². The fraction of sp³-hybridized carbons (Fsp3) is 0.240. The average molecular weight is 471 g/mol. The van der Waals surface area contributed by atoms with E-state index in [1.807, 2.05) is 0 Å². The molecule has 1 atom stereocenters. The second kappa shape index (κ2) is 9.24. The van der Waals surface area contributed by atoms with Crippen LogP contribution in [0, 0.1) is 5.92 Å². The predicted molar refractivity (Wildman–Crippen MR) is 130 cm³/mol. The van der Waals surface area contributed by atoms with E-state index in [1.54, 1.807) is 6.92 Å². The molecule has 152 valence electrons. The molecule has 0 heterocycles.